The van der Waals surface area contributed by atoms with E-state index < -0.39 is 0 Å². The summed E-state index contributed by atoms with van der Waals surface area (Å²) in [6, 6.07) is 12.1. The average Bonchev–Trinajstić information content (AvgIpc) is 3.14. The number of urea groups is 1. The Kier molecular flexibility index (Phi) is 5.20. The van der Waals surface area contributed by atoms with E-state index >= 15 is 0 Å². The second kappa shape index (κ2) is 7.34. The smallest absolute Gasteiger partial charge is 0.317 e. The van der Waals surface area contributed by atoms with Gasteiger partial charge in [-0.3, -0.25) is 0 Å². The zero-order chi connectivity index (χ0) is 16.2. The van der Waals surface area contributed by atoms with Gasteiger partial charge in [-0.25, -0.2) is 4.79 Å². The van der Waals surface area contributed by atoms with Crippen molar-refractivity contribution in [2.45, 2.75) is 13.0 Å². The third-order valence-corrected chi connectivity index (χ3v) is 5.90. The highest BCUT2D eigenvalue weighted by Gasteiger charge is 2.11. The van der Waals surface area contributed by atoms with Gasteiger partial charge in [0.15, 0.2) is 0 Å². The van der Waals surface area contributed by atoms with Crippen molar-refractivity contribution in [1.82, 2.24) is 10.2 Å². The molecule has 0 atom stereocenters. The summed E-state index contributed by atoms with van der Waals surface area (Å²) in [7, 11) is 1.82. The molecular formula is C17H17ClN2OS2. The Labute approximate surface area is 148 Å². The third kappa shape index (κ3) is 4.05. The lowest BCUT2D eigenvalue weighted by molar-refractivity contribution is 0.207. The van der Waals surface area contributed by atoms with Crippen molar-refractivity contribution >= 4 is 50.4 Å². The molecule has 0 unspecified atom stereocenters. The van der Waals surface area contributed by atoms with Crippen LogP contribution in [-0.4, -0.2) is 24.5 Å². The Morgan fingerprint density at radius 3 is 2.87 bits per heavy atom. The van der Waals surface area contributed by atoms with Gasteiger partial charge in [0, 0.05) is 29.7 Å². The maximum atomic E-state index is 12.2. The Balaban J connectivity index is 1.53. The number of thiophene rings is 2. The molecule has 0 bridgehead atoms. The summed E-state index contributed by atoms with van der Waals surface area (Å²) in [6.07, 6.45) is 0.804. The van der Waals surface area contributed by atoms with Crippen molar-refractivity contribution in [2.24, 2.45) is 0 Å². The Hall–Kier alpha value is -1.56. The Bertz CT molecular complexity index is 812. The number of nitrogens with zero attached hydrogens (tertiary/aromatic N) is 1. The number of amides is 2. The first-order valence-electron chi connectivity index (χ1n) is 7.32. The van der Waals surface area contributed by atoms with Crippen LogP contribution in [0.25, 0.3) is 10.1 Å². The fourth-order valence-electron chi connectivity index (χ4n) is 2.40. The minimum Gasteiger partial charge on any atom is -0.338 e. The number of benzene rings is 1. The largest absolute Gasteiger partial charge is 0.338 e. The molecule has 2 heterocycles. The first-order chi connectivity index (χ1) is 11.1. The van der Waals surface area contributed by atoms with Gasteiger partial charge in [-0.1, -0.05) is 29.8 Å². The highest BCUT2D eigenvalue weighted by molar-refractivity contribution is 7.17. The quantitative estimate of drug-likeness (QED) is 0.678. The molecule has 2 amide bonds. The molecule has 1 N–H and O–H groups in total. The summed E-state index contributed by atoms with van der Waals surface area (Å²) in [5.41, 5.74) is 1.19. The van der Waals surface area contributed by atoms with E-state index in [2.05, 4.69) is 22.8 Å². The normalized spacial score (nSPS) is 10.9. The van der Waals surface area contributed by atoms with Gasteiger partial charge < -0.3 is 10.2 Å². The SMILES string of the molecule is CN(Cc1csc2ccccc12)C(=O)NCCc1ccc(Cl)s1. The molecule has 120 valence electrons. The standard InChI is InChI=1S/C17H17ClN2OS2/c1-20(10-12-11-22-15-5-3-2-4-14(12)15)17(21)19-9-8-13-6-7-16(18)23-13/h2-7,11H,8-10H2,1H3,(H,19,21). The molecule has 0 fully saturated rings. The van der Waals surface area contributed by atoms with Gasteiger partial charge in [0.1, 0.15) is 0 Å². The number of hydrogen-bond donors (Lipinski definition) is 1. The highest BCUT2D eigenvalue weighted by Crippen LogP contribution is 2.26. The monoisotopic (exact) mass is 364 g/mol. The average molecular weight is 365 g/mol. The summed E-state index contributed by atoms with van der Waals surface area (Å²) < 4.78 is 2.04. The minimum atomic E-state index is -0.0528. The van der Waals surface area contributed by atoms with Gasteiger partial charge in [0.05, 0.1) is 4.34 Å². The van der Waals surface area contributed by atoms with Gasteiger partial charge in [-0.2, -0.15) is 0 Å². The van der Waals surface area contributed by atoms with Gasteiger partial charge in [-0.15, -0.1) is 22.7 Å². The fraction of sp³-hybridized carbons (Fsp3) is 0.235. The van der Waals surface area contributed by atoms with Crippen molar-refractivity contribution in [3.05, 3.63) is 56.6 Å². The van der Waals surface area contributed by atoms with Crippen molar-refractivity contribution in [3.8, 4) is 0 Å². The van der Waals surface area contributed by atoms with E-state index in [1.807, 2.05) is 31.3 Å². The molecule has 0 radical (unpaired) electrons. The van der Waals surface area contributed by atoms with Crippen molar-refractivity contribution in [2.75, 3.05) is 13.6 Å². The summed E-state index contributed by atoms with van der Waals surface area (Å²) in [4.78, 5) is 15.1. The fourth-order valence-corrected chi connectivity index (χ4v) is 4.44. The molecule has 3 rings (SSSR count). The zero-order valence-electron chi connectivity index (χ0n) is 12.7. The minimum absolute atomic E-state index is 0.0528. The van der Waals surface area contributed by atoms with Gasteiger partial charge >= 0.3 is 6.03 Å². The summed E-state index contributed by atoms with van der Waals surface area (Å²) >= 11 is 9.17. The van der Waals surface area contributed by atoms with Crippen molar-refractivity contribution in [3.63, 3.8) is 0 Å². The van der Waals surface area contributed by atoms with E-state index in [9.17, 15) is 4.79 Å². The molecule has 0 saturated heterocycles. The van der Waals surface area contributed by atoms with Crippen LogP contribution in [0.15, 0.2) is 41.8 Å². The molecule has 0 spiro atoms. The molecule has 2 aromatic heterocycles. The van der Waals surface area contributed by atoms with E-state index in [0.717, 1.165) is 10.8 Å². The van der Waals surface area contributed by atoms with E-state index in [4.69, 9.17) is 11.6 Å². The lowest BCUT2D eigenvalue weighted by Gasteiger charge is -2.17. The van der Waals surface area contributed by atoms with Crippen LogP contribution >= 0.6 is 34.3 Å². The van der Waals surface area contributed by atoms with Crippen LogP contribution in [0.3, 0.4) is 0 Å². The van der Waals surface area contributed by atoms with Gasteiger partial charge in [0.2, 0.25) is 0 Å². The highest BCUT2D eigenvalue weighted by atomic mass is 35.5. The molecule has 23 heavy (non-hydrogen) atoms. The molecule has 0 aliphatic heterocycles. The molecule has 0 aliphatic carbocycles. The number of hydrogen-bond acceptors (Lipinski definition) is 3. The zero-order valence-corrected chi connectivity index (χ0v) is 15.1. The van der Waals surface area contributed by atoms with Crippen molar-refractivity contribution in [1.29, 1.82) is 0 Å². The predicted molar refractivity (Wildman–Crippen MR) is 99.7 cm³/mol. The summed E-state index contributed by atoms with van der Waals surface area (Å²) in [5.74, 6) is 0. The number of fused-ring (bicyclic) bond motifs is 1. The number of carbonyl (C=O) groups excluding carboxylic acids is 1. The second-order valence-corrected chi connectivity index (χ2v) is 8.01. The van der Waals surface area contributed by atoms with Gasteiger partial charge in [0.25, 0.3) is 0 Å². The van der Waals surface area contributed by atoms with E-state index in [1.165, 1.54) is 20.5 Å². The first kappa shape index (κ1) is 16.3. The first-order valence-corrected chi connectivity index (χ1v) is 9.39. The summed E-state index contributed by atoms with van der Waals surface area (Å²) in [6.45, 7) is 1.23. The van der Waals surface area contributed by atoms with Crippen LogP contribution in [0, 0.1) is 0 Å². The molecule has 6 heteroatoms. The number of rotatable bonds is 5. The molecule has 3 aromatic rings. The maximum Gasteiger partial charge on any atom is 0.317 e. The molecule has 3 nitrogen and oxygen atoms in total. The van der Waals surface area contributed by atoms with Crippen molar-refractivity contribution < 1.29 is 4.79 Å². The van der Waals surface area contributed by atoms with E-state index in [0.29, 0.717) is 13.1 Å². The maximum absolute atomic E-state index is 12.2. The van der Waals surface area contributed by atoms with E-state index in [1.54, 1.807) is 27.6 Å². The van der Waals surface area contributed by atoms with E-state index in [-0.39, 0.29) is 6.03 Å². The lowest BCUT2D eigenvalue weighted by Crippen LogP contribution is -2.37. The molecule has 0 aliphatic rings. The Morgan fingerprint density at radius 2 is 2.09 bits per heavy atom. The molecule has 0 saturated carbocycles. The van der Waals surface area contributed by atoms with Crippen LogP contribution in [0.4, 0.5) is 4.79 Å². The lowest BCUT2D eigenvalue weighted by atomic mass is 10.2. The predicted octanol–water partition coefficient (Wildman–Crippen LogP) is 5.00. The van der Waals surface area contributed by atoms with Crippen LogP contribution in [-0.2, 0) is 13.0 Å². The van der Waals surface area contributed by atoms with Crippen LogP contribution in [0.2, 0.25) is 4.34 Å². The second-order valence-electron chi connectivity index (χ2n) is 5.30. The molecular weight excluding hydrogens is 348 g/mol. The number of halogens is 1. The van der Waals surface area contributed by atoms with Crippen LogP contribution in [0.5, 0.6) is 0 Å². The molecule has 1 aromatic carbocycles. The topological polar surface area (TPSA) is 32.3 Å². The van der Waals surface area contributed by atoms with Crippen LogP contribution in [0.1, 0.15) is 10.4 Å². The number of carbonyl (C=O) groups is 1. The number of nitrogens with one attached hydrogen (secondary N) is 1. The summed E-state index contributed by atoms with van der Waals surface area (Å²) in [5, 5.41) is 6.31. The third-order valence-electron chi connectivity index (χ3n) is 3.59. The Morgan fingerprint density at radius 1 is 1.26 bits per heavy atom. The van der Waals surface area contributed by atoms with Gasteiger partial charge in [-0.05, 0) is 40.9 Å². The van der Waals surface area contributed by atoms with Crippen LogP contribution < -0.4 is 5.32 Å².